The molecule has 30 heavy (non-hydrogen) atoms. The fourth-order valence-electron chi connectivity index (χ4n) is 3.37. The Morgan fingerprint density at radius 1 is 1.17 bits per heavy atom. The van der Waals surface area contributed by atoms with E-state index in [0.717, 1.165) is 25.9 Å². The Labute approximate surface area is 176 Å². The molecular weight excluding hydrogens is 384 g/mol. The highest BCUT2D eigenvalue weighted by molar-refractivity contribution is 6.00. The number of hydrogen-bond donors (Lipinski definition) is 3. The smallest absolute Gasteiger partial charge is 0.251 e. The predicted octanol–water partition coefficient (Wildman–Crippen LogP) is 2.59. The zero-order valence-corrected chi connectivity index (χ0v) is 17.8. The van der Waals surface area contributed by atoms with Crippen molar-refractivity contribution in [1.82, 2.24) is 20.5 Å². The van der Waals surface area contributed by atoms with Crippen LogP contribution >= 0.6 is 0 Å². The fourth-order valence-corrected chi connectivity index (χ4v) is 3.37. The number of nitrogens with zero attached hydrogens (tertiary/aromatic N) is 3. The molecule has 0 radical (unpaired) electrons. The largest absolute Gasteiger partial charge is 0.494 e. The lowest BCUT2D eigenvalue weighted by Gasteiger charge is -2.24. The summed E-state index contributed by atoms with van der Waals surface area (Å²) in [6, 6.07) is 6.11. The minimum Gasteiger partial charge on any atom is -0.494 e. The molecular formula is C21H30N6O3. The van der Waals surface area contributed by atoms with Gasteiger partial charge in [0.2, 0.25) is 17.8 Å². The standard InChI is InChI=1S/C21H30N6O3/c1-4-30-16-10-8-15(9-11-16)18(28)22-17(14(2)3)19(29)23-20-24-21(26-25-20)27-12-6-5-7-13-27/h8-11,14,17H,4-7,12-13H2,1-3H3,(H,22,28)(H2,23,24,25,26,29). The topological polar surface area (TPSA) is 112 Å². The molecule has 1 saturated heterocycles. The van der Waals surface area contributed by atoms with Crippen LogP contribution in [0.5, 0.6) is 5.75 Å². The summed E-state index contributed by atoms with van der Waals surface area (Å²) in [5, 5.41) is 12.5. The molecule has 1 atom stereocenters. The van der Waals surface area contributed by atoms with E-state index >= 15 is 0 Å². The number of piperidine rings is 1. The molecule has 0 bridgehead atoms. The van der Waals surface area contributed by atoms with Crippen molar-refractivity contribution in [2.24, 2.45) is 5.92 Å². The van der Waals surface area contributed by atoms with Crippen LogP contribution in [-0.4, -0.2) is 52.7 Å². The Morgan fingerprint density at radius 3 is 2.50 bits per heavy atom. The summed E-state index contributed by atoms with van der Waals surface area (Å²) < 4.78 is 5.39. The normalized spacial score (nSPS) is 15.0. The summed E-state index contributed by atoms with van der Waals surface area (Å²) in [4.78, 5) is 31.9. The first-order valence-corrected chi connectivity index (χ1v) is 10.5. The van der Waals surface area contributed by atoms with Gasteiger partial charge in [-0.05, 0) is 56.4 Å². The van der Waals surface area contributed by atoms with Crippen LogP contribution in [0.15, 0.2) is 24.3 Å². The number of aromatic nitrogens is 3. The molecule has 1 aromatic carbocycles. The molecule has 9 heteroatoms. The van der Waals surface area contributed by atoms with Crippen molar-refractivity contribution in [3.63, 3.8) is 0 Å². The Balaban J connectivity index is 1.61. The maximum Gasteiger partial charge on any atom is 0.251 e. The van der Waals surface area contributed by atoms with Crippen molar-refractivity contribution in [2.75, 3.05) is 29.9 Å². The molecule has 2 amide bonds. The Bertz CT molecular complexity index is 843. The summed E-state index contributed by atoms with van der Waals surface area (Å²) in [5.41, 5.74) is 0.462. The van der Waals surface area contributed by atoms with Crippen LogP contribution in [0.4, 0.5) is 11.9 Å². The van der Waals surface area contributed by atoms with Gasteiger partial charge in [-0.3, -0.25) is 14.9 Å². The van der Waals surface area contributed by atoms with Crippen molar-refractivity contribution in [2.45, 2.75) is 46.1 Å². The SMILES string of the molecule is CCOc1ccc(C(=O)NC(C(=O)Nc2nc(N3CCCCC3)n[nH]2)C(C)C)cc1. The van der Waals surface area contributed by atoms with Crippen molar-refractivity contribution >= 4 is 23.7 Å². The summed E-state index contributed by atoms with van der Waals surface area (Å²) in [5.74, 6) is 0.790. The van der Waals surface area contributed by atoms with Gasteiger partial charge in [0.25, 0.3) is 5.91 Å². The lowest BCUT2D eigenvalue weighted by molar-refractivity contribution is -0.118. The van der Waals surface area contributed by atoms with Crippen LogP contribution < -0.4 is 20.3 Å². The lowest BCUT2D eigenvalue weighted by atomic mass is 10.0. The van der Waals surface area contributed by atoms with E-state index in [9.17, 15) is 9.59 Å². The number of carbonyl (C=O) groups is 2. The van der Waals surface area contributed by atoms with Gasteiger partial charge in [-0.2, -0.15) is 4.98 Å². The molecule has 3 rings (SSSR count). The van der Waals surface area contributed by atoms with Gasteiger partial charge in [0.15, 0.2) is 0 Å². The van der Waals surface area contributed by atoms with Crippen LogP contribution in [0.2, 0.25) is 0 Å². The number of nitrogens with one attached hydrogen (secondary N) is 3. The molecule has 1 fully saturated rings. The molecule has 1 aliphatic rings. The van der Waals surface area contributed by atoms with E-state index < -0.39 is 6.04 Å². The Kier molecular flexibility index (Phi) is 7.26. The maximum atomic E-state index is 12.8. The zero-order chi connectivity index (χ0) is 21.5. The van der Waals surface area contributed by atoms with Crippen molar-refractivity contribution in [1.29, 1.82) is 0 Å². The number of rotatable bonds is 8. The maximum absolute atomic E-state index is 12.8. The fraction of sp³-hybridized carbons (Fsp3) is 0.524. The first-order chi connectivity index (χ1) is 14.5. The summed E-state index contributed by atoms with van der Waals surface area (Å²) in [7, 11) is 0. The van der Waals surface area contributed by atoms with Gasteiger partial charge in [0.05, 0.1) is 6.61 Å². The number of H-pyrrole nitrogens is 1. The number of carbonyl (C=O) groups excluding carboxylic acids is 2. The monoisotopic (exact) mass is 414 g/mol. The molecule has 162 valence electrons. The predicted molar refractivity (Wildman–Crippen MR) is 115 cm³/mol. The second kappa shape index (κ2) is 10.1. The van der Waals surface area contributed by atoms with Crippen molar-refractivity contribution < 1.29 is 14.3 Å². The molecule has 1 aliphatic heterocycles. The summed E-state index contributed by atoms with van der Waals surface area (Å²) in [6.07, 6.45) is 3.45. The van der Waals surface area contributed by atoms with Gasteiger partial charge in [0.1, 0.15) is 11.8 Å². The second-order valence-electron chi connectivity index (χ2n) is 7.67. The molecule has 0 aliphatic carbocycles. The van der Waals surface area contributed by atoms with Crippen LogP contribution in [0.3, 0.4) is 0 Å². The number of hydrogen-bond acceptors (Lipinski definition) is 6. The van der Waals surface area contributed by atoms with Gasteiger partial charge in [-0.1, -0.05) is 13.8 Å². The molecule has 0 saturated carbocycles. The van der Waals surface area contributed by atoms with Crippen LogP contribution in [-0.2, 0) is 4.79 Å². The number of ether oxygens (including phenoxy) is 1. The molecule has 2 aromatic rings. The summed E-state index contributed by atoms with van der Waals surface area (Å²) in [6.45, 7) is 8.04. The van der Waals surface area contributed by atoms with Gasteiger partial charge < -0.3 is 15.0 Å². The van der Waals surface area contributed by atoms with Crippen LogP contribution in [0, 0.1) is 5.92 Å². The van der Waals surface area contributed by atoms with Crippen molar-refractivity contribution in [3.05, 3.63) is 29.8 Å². The minimum atomic E-state index is -0.715. The second-order valence-corrected chi connectivity index (χ2v) is 7.67. The quantitative estimate of drug-likeness (QED) is 0.612. The summed E-state index contributed by atoms with van der Waals surface area (Å²) >= 11 is 0. The molecule has 9 nitrogen and oxygen atoms in total. The number of benzene rings is 1. The first-order valence-electron chi connectivity index (χ1n) is 10.5. The van der Waals surface area contributed by atoms with E-state index in [1.165, 1.54) is 6.42 Å². The third kappa shape index (κ3) is 5.49. The number of amides is 2. The highest BCUT2D eigenvalue weighted by atomic mass is 16.5. The highest BCUT2D eigenvalue weighted by Gasteiger charge is 2.26. The third-order valence-corrected chi connectivity index (χ3v) is 5.02. The van der Waals surface area contributed by atoms with E-state index in [0.29, 0.717) is 23.9 Å². The van der Waals surface area contributed by atoms with E-state index in [2.05, 4.69) is 30.7 Å². The van der Waals surface area contributed by atoms with Crippen molar-refractivity contribution in [3.8, 4) is 5.75 Å². The third-order valence-electron chi connectivity index (χ3n) is 5.02. The highest BCUT2D eigenvalue weighted by Crippen LogP contribution is 2.17. The molecule has 2 heterocycles. The van der Waals surface area contributed by atoms with E-state index in [-0.39, 0.29) is 23.7 Å². The van der Waals surface area contributed by atoms with Gasteiger partial charge in [0, 0.05) is 18.7 Å². The van der Waals surface area contributed by atoms with Gasteiger partial charge >= 0.3 is 0 Å². The van der Waals surface area contributed by atoms with Crippen LogP contribution in [0.1, 0.15) is 50.4 Å². The Morgan fingerprint density at radius 2 is 1.87 bits per heavy atom. The van der Waals surface area contributed by atoms with E-state index in [4.69, 9.17) is 4.74 Å². The average Bonchev–Trinajstić information content (AvgIpc) is 3.21. The number of aromatic amines is 1. The zero-order valence-electron chi connectivity index (χ0n) is 17.8. The molecule has 3 N–H and O–H groups in total. The lowest BCUT2D eigenvalue weighted by Crippen LogP contribution is -2.47. The van der Waals surface area contributed by atoms with Crippen LogP contribution in [0.25, 0.3) is 0 Å². The molecule has 0 spiro atoms. The first kappa shape index (κ1) is 21.6. The minimum absolute atomic E-state index is 0.110. The molecule has 1 aromatic heterocycles. The van der Waals surface area contributed by atoms with Gasteiger partial charge in [-0.25, -0.2) is 5.10 Å². The Hall–Kier alpha value is -3.10. The molecule has 1 unspecified atom stereocenters. The van der Waals surface area contributed by atoms with Gasteiger partial charge in [-0.15, -0.1) is 5.10 Å². The average molecular weight is 415 g/mol. The number of anilines is 2. The van der Waals surface area contributed by atoms with E-state index in [1.54, 1.807) is 24.3 Å². The van der Waals surface area contributed by atoms with E-state index in [1.807, 2.05) is 20.8 Å².